The molecule has 2 aromatic carbocycles. The lowest BCUT2D eigenvalue weighted by molar-refractivity contribution is 0.343. The molecule has 4 rings (SSSR count). The molecule has 0 amide bonds. The molecule has 0 atom stereocenters. The zero-order valence-electron chi connectivity index (χ0n) is 16.9. The van der Waals surface area contributed by atoms with Gasteiger partial charge in [-0.15, -0.1) is 10.2 Å². The van der Waals surface area contributed by atoms with Gasteiger partial charge in [-0.1, -0.05) is 36.9 Å². The van der Waals surface area contributed by atoms with E-state index in [0.717, 1.165) is 28.6 Å². The molecule has 0 fully saturated rings. The Labute approximate surface area is 173 Å². The number of para-hydroxylation sites is 1. The van der Waals surface area contributed by atoms with Crippen LogP contribution in [0.5, 0.6) is 5.75 Å². The normalized spacial score (nSPS) is 11.4. The van der Waals surface area contributed by atoms with E-state index in [1.54, 1.807) is 16.3 Å². The third-order valence-electron chi connectivity index (χ3n) is 4.70. The summed E-state index contributed by atoms with van der Waals surface area (Å²) >= 11 is 1.58. The summed E-state index contributed by atoms with van der Waals surface area (Å²) in [7, 11) is 0. The zero-order chi connectivity index (χ0) is 20.4. The maximum Gasteiger partial charge on any atom is 0.262 e. The molecule has 2 heterocycles. The van der Waals surface area contributed by atoms with Crippen LogP contribution in [0.1, 0.15) is 24.5 Å². The Morgan fingerprint density at radius 3 is 2.59 bits per heavy atom. The van der Waals surface area contributed by atoms with E-state index in [2.05, 4.69) is 37.0 Å². The van der Waals surface area contributed by atoms with Crippen LogP contribution in [0, 0.1) is 13.8 Å². The number of aromatic nitrogens is 4. The van der Waals surface area contributed by atoms with Crippen molar-refractivity contribution in [3.05, 3.63) is 63.9 Å². The molecule has 150 valence electrons. The summed E-state index contributed by atoms with van der Waals surface area (Å²) in [5, 5.41) is 10.1. The molecule has 0 saturated heterocycles. The van der Waals surface area contributed by atoms with Crippen LogP contribution in [0.2, 0.25) is 0 Å². The summed E-state index contributed by atoms with van der Waals surface area (Å²) in [6.07, 6.45) is 0.854. The Morgan fingerprint density at radius 1 is 1.07 bits per heavy atom. The number of hydrogen-bond donors (Lipinski definition) is 0. The second kappa shape index (κ2) is 8.29. The lowest BCUT2D eigenvalue weighted by atomic mass is 10.1. The number of hydrogen-bond acceptors (Lipinski definition) is 5. The lowest BCUT2D eigenvalue weighted by Gasteiger charge is -2.10. The molecule has 4 aromatic rings. The smallest absolute Gasteiger partial charge is 0.262 e. The number of benzene rings is 2. The first-order chi connectivity index (χ1) is 14.1. The summed E-state index contributed by atoms with van der Waals surface area (Å²) in [4.78, 5) is 12.9. The first kappa shape index (κ1) is 19.5. The van der Waals surface area contributed by atoms with E-state index in [1.807, 2.05) is 40.8 Å². The Bertz CT molecular complexity index is 1210. The summed E-state index contributed by atoms with van der Waals surface area (Å²) < 4.78 is 9.61. The molecular formula is C22H24N4O2S. The largest absolute Gasteiger partial charge is 0.493 e. The summed E-state index contributed by atoms with van der Waals surface area (Å²) in [6.45, 7) is 7.37. The van der Waals surface area contributed by atoms with Crippen molar-refractivity contribution in [2.45, 2.75) is 38.9 Å². The molecule has 0 spiro atoms. The van der Waals surface area contributed by atoms with Crippen LogP contribution in [-0.2, 0) is 6.54 Å². The van der Waals surface area contributed by atoms with Gasteiger partial charge < -0.3 is 4.74 Å². The van der Waals surface area contributed by atoms with Crippen molar-refractivity contribution in [2.75, 3.05) is 12.4 Å². The fourth-order valence-electron chi connectivity index (χ4n) is 3.56. The predicted molar refractivity (Wildman–Crippen MR) is 117 cm³/mol. The molecule has 6 nitrogen and oxygen atoms in total. The summed E-state index contributed by atoms with van der Waals surface area (Å²) in [5.74, 6) is 2.21. The lowest BCUT2D eigenvalue weighted by Crippen LogP contribution is -2.23. The third kappa shape index (κ3) is 3.87. The number of fused-ring (bicyclic) bond motifs is 3. The first-order valence-electron chi connectivity index (χ1n) is 9.79. The van der Waals surface area contributed by atoms with Crippen LogP contribution in [0.15, 0.2) is 52.4 Å². The quantitative estimate of drug-likeness (QED) is 0.338. The van der Waals surface area contributed by atoms with Gasteiger partial charge in [-0.2, -0.15) is 0 Å². The monoisotopic (exact) mass is 408 g/mol. The van der Waals surface area contributed by atoms with E-state index in [1.165, 1.54) is 11.1 Å². The van der Waals surface area contributed by atoms with Crippen LogP contribution < -0.4 is 10.3 Å². The van der Waals surface area contributed by atoms with Gasteiger partial charge in [-0.3, -0.25) is 13.8 Å². The second-order valence-corrected chi connectivity index (χ2v) is 8.17. The highest BCUT2D eigenvalue weighted by atomic mass is 32.2. The Hall–Kier alpha value is -2.80. The van der Waals surface area contributed by atoms with Crippen molar-refractivity contribution in [2.24, 2.45) is 0 Å². The summed E-state index contributed by atoms with van der Waals surface area (Å²) in [5.41, 5.74) is 3.20. The predicted octanol–water partition coefficient (Wildman–Crippen LogP) is 4.24. The van der Waals surface area contributed by atoms with Gasteiger partial charge in [0.2, 0.25) is 5.78 Å². The maximum atomic E-state index is 12.9. The fourth-order valence-corrected chi connectivity index (χ4v) is 4.32. The zero-order valence-corrected chi connectivity index (χ0v) is 17.7. The Morgan fingerprint density at radius 2 is 1.83 bits per heavy atom. The minimum atomic E-state index is -0.0166. The highest BCUT2D eigenvalue weighted by Crippen LogP contribution is 2.22. The van der Waals surface area contributed by atoms with Crippen LogP contribution >= 0.6 is 11.8 Å². The van der Waals surface area contributed by atoms with Gasteiger partial charge in [-0.25, -0.2) is 0 Å². The minimum absolute atomic E-state index is 0.0166. The molecule has 0 aliphatic heterocycles. The number of rotatable bonds is 7. The van der Waals surface area contributed by atoms with Gasteiger partial charge in [-0.05, 0) is 55.7 Å². The standard InChI is InChI=1S/C22H24N4O2S/c1-4-9-25-20(27)18-7-5-6-8-19(18)26-21(25)23-24-22(26)29-11-10-28-17-13-15(2)12-16(3)14-17/h5-8,12-14H,4,9-11H2,1-3H3. The molecule has 0 radical (unpaired) electrons. The molecular weight excluding hydrogens is 384 g/mol. The van der Waals surface area contributed by atoms with Crippen molar-refractivity contribution in [3.63, 3.8) is 0 Å². The summed E-state index contributed by atoms with van der Waals surface area (Å²) in [6, 6.07) is 13.8. The molecule has 0 bridgehead atoms. The van der Waals surface area contributed by atoms with E-state index in [0.29, 0.717) is 24.3 Å². The van der Waals surface area contributed by atoms with E-state index < -0.39 is 0 Å². The number of aryl methyl sites for hydroxylation is 3. The molecule has 7 heteroatoms. The Balaban J connectivity index is 1.60. The van der Waals surface area contributed by atoms with Crippen molar-refractivity contribution in [3.8, 4) is 5.75 Å². The number of ether oxygens (including phenoxy) is 1. The highest BCUT2D eigenvalue weighted by molar-refractivity contribution is 7.99. The van der Waals surface area contributed by atoms with Gasteiger partial charge in [0.15, 0.2) is 5.16 Å². The highest BCUT2D eigenvalue weighted by Gasteiger charge is 2.16. The van der Waals surface area contributed by atoms with E-state index in [9.17, 15) is 4.79 Å². The fraction of sp³-hybridized carbons (Fsp3) is 0.318. The molecule has 0 aliphatic rings. The molecule has 29 heavy (non-hydrogen) atoms. The topological polar surface area (TPSA) is 61.4 Å². The van der Waals surface area contributed by atoms with Crippen LogP contribution in [0.25, 0.3) is 16.7 Å². The molecule has 0 aliphatic carbocycles. The SMILES string of the molecule is CCCn1c(=O)c2ccccc2n2c(SCCOc3cc(C)cc(C)c3)nnc12. The molecule has 0 saturated carbocycles. The van der Waals surface area contributed by atoms with Crippen LogP contribution in [0.3, 0.4) is 0 Å². The number of nitrogens with zero attached hydrogens (tertiary/aromatic N) is 4. The van der Waals surface area contributed by atoms with Crippen molar-refractivity contribution >= 4 is 28.4 Å². The maximum absolute atomic E-state index is 12.9. The van der Waals surface area contributed by atoms with Gasteiger partial charge in [0.1, 0.15) is 5.75 Å². The third-order valence-corrected chi connectivity index (χ3v) is 5.60. The van der Waals surface area contributed by atoms with E-state index in [-0.39, 0.29) is 5.56 Å². The average molecular weight is 409 g/mol. The first-order valence-corrected chi connectivity index (χ1v) is 10.8. The molecule has 0 unspecified atom stereocenters. The van der Waals surface area contributed by atoms with Crippen molar-refractivity contribution < 1.29 is 4.74 Å². The molecule has 2 aromatic heterocycles. The van der Waals surface area contributed by atoms with Crippen molar-refractivity contribution in [1.82, 2.24) is 19.2 Å². The second-order valence-electron chi connectivity index (χ2n) is 7.11. The van der Waals surface area contributed by atoms with Crippen LogP contribution in [-0.4, -0.2) is 31.5 Å². The van der Waals surface area contributed by atoms with Gasteiger partial charge >= 0.3 is 0 Å². The van der Waals surface area contributed by atoms with Gasteiger partial charge in [0.25, 0.3) is 5.56 Å². The van der Waals surface area contributed by atoms with Gasteiger partial charge in [0, 0.05) is 12.3 Å². The van der Waals surface area contributed by atoms with Crippen molar-refractivity contribution in [1.29, 1.82) is 0 Å². The average Bonchev–Trinajstić information content (AvgIpc) is 3.12. The van der Waals surface area contributed by atoms with E-state index >= 15 is 0 Å². The van der Waals surface area contributed by atoms with Crippen LogP contribution in [0.4, 0.5) is 0 Å². The molecule has 0 N–H and O–H groups in total. The number of thioether (sulfide) groups is 1. The minimum Gasteiger partial charge on any atom is -0.493 e. The van der Waals surface area contributed by atoms with Gasteiger partial charge in [0.05, 0.1) is 17.5 Å². The van der Waals surface area contributed by atoms with E-state index in [4.69, 9.17) is 4.74 Å². The Kier molecular flexibility index (Phi) is 5.58.